The molecule has 0 saturated heterocycles. The molecule has 3 atom stereocenters. The summed E-state index contributed by atoms with van der Waals surface area (Å²) in [6, 6.07) is 21.6. The van der Waals surface area contributed by atoms with Crippen LogP contribution in [0.15, 0.2) is 66.7 Å². The van der Waals surface area contributed by atoms with E-state index >= 15 is 0 Å². The van der Waals surface area contributed by atoms with Crippen molar-refractivity contribution in [3.63, 3.8) is 0 Å². The molecule has 13 heteroatoms. The molecule has 0 bridgehead atoms. The summed E-state index contributed by atoms with van der Waals surface area (Å²) in [7, 11) is 1.61. The van der Waals surface area contributed by atoms with Gasteiger partial charge in [0.05, 0.1) is 70.9 Å². The zero-order valence-corrected chi connectivity index (χ0v) is 25.7. The highest BCUT2D eigenvalue weighted by molar-refractivity contribution is 7.91. The number of nitrogens with zero attached hydrogens (tertiary/aromatic N) is 6. The largest absolute Gasteiger partial charge is 0.616 e. The lowest BCUT2D eigenvalue weighted by molar-refractivity contribution is -0.128. The number of rotatable bonds is 8. The zero-order valence-electron chi connectivity index (χ0n) is 24.9. The van der Waals surface area contributed by atoms with E-state index < -0.39 is 41.0 Å². The summed E-state index contributed by atoms with van der Waals surface area (Å²) in [5.41, 5.74) is 3.06. The molecule has 12 nitrogen and oxygen atoms in total. The maximum Gasteiger partial charge on any atom is 0.277 e. The maximum atomic E-state index is 14.4. The second-order valence-corrected chi connectivity index (χ2v) is 12.0. The second kappa shape index (κ2) is 13.2. The molecule has 2 heterocycles. The van der Waals surface area contributed by atoms with Crippen molar-refractivity contribution in [2.75, 3.05) is 35.4 Å². The lowest BCUT2D eigenvalue weighted by Gasteiger charge is -2.26. The first-order chi connectivity index (χ1) is 21.7. The van der Waals surface area contributed by atoms with Crippen LogP contribution in [-0.4, -0.2) is 69.7 Å². The minimum atomic E-state index is -1.49. The second-order valence-electron chi connectivity index (χ2n) is 10.5. The van der Waals surface area contributed by atoms with Crippen LogP contribution in [0.4, 0.5) is 11.4 Å². The van der Waals surface area contributed by atoms with Crippen LogP contribution in [0.3, 0.4) is 0 Å². The fraction of sp³-hybridized carbons (Fsp3) is 0.250. The van der Waals surface area contributed by atoms with Gasteiger partial charge in [0.15, 0.2) is 5.75 Å². The molecule has 0 aliphatic carbocycles. The summed E-state index contributed by atoms with van der Waals surface area (Å²) in [4.78, 5) is 43.6. The Morgan fingerprint density at radius 3 is 2.51 bits per heavy atom. The van der Waals surface area contributed by atoms with E-state index in [1.54, 1.807) is 49.0 Å². The highest BCUT2D eigenvalue weighted by Gasteiger charge is 2.39. The molecular formula is C32H30N8O4S. The third-order valence-electron chi connectivity index (χ3n) is 7.61. The number of amides is 3. The molecule has 228 valence electrons. The Labute approximate surface area is 263 Å². The molecule has 1 aliphatic heterocycles. The van der Waals surface area contributed by atoms with Crippen LogP contribution in [0.1, 0.15) is 23.7 Å². The molecule has 3 aromatic carbocycles. The van der Waals surface area contributed by atoms with Crippen LogP contribution in [0.25, 0.3) is 16.6 Å². The molecule has 1 aliphatic rings. The molecule has 0 saturated carbocycles. The standard InChI is InChI=1S/C32H30N8O4S/c1-20(35-2)31(42)36-25-18-38(30(41)19-45(3)44)29-14-21(15-33)12-13-28(29)39(32(25)43)17-24-23-9-5-7-11-27(23)40(37-24)26-10-6-4-8-22(26)16-34/h4-14,20,25,35H,17-19H2,1-3H3,(H,36,42)/t20?,25-,45?/m0/s1. The minimum Gasteiger partial charge on any atom is -0.616 e. The number of para-hydroxylation sites is 2. The SMILES string of the molecule is CNC(C)C(=O)N[C@H]1CN(C(=O)C[S+](C)[O-])c2cc(C#N)ccc2N(Cc2nn(-c3ccccc3C#N)c3ccccc23)C1=O. The molecule has 1 aromatic heterocycles. The molecule has 3 amide bonds. The molecule has 0 spiro atoms. The lowest BCUT2D eigenvalue weighted by atomic mass is 10.1. The van der Waals surface area contributed by atoms with Gasteiger partial charge in [-0.2, -0.15) is 15.6 Å². The average Bonchev–Trinajstić information content (AvgIpc) is 3.37. The topological polar surface area (TPSA) is 170 Å². The van der Waals surface area contributed by atoms with Gasteiger partial charge in [0, 0.05) is 5.39 Å². The summed E-state index contributed by atoms with van der Waals surface area (Å²) >= 11 is -1.49. The van der Waals surface area contributed by atoms with Crippen molar-refractivity contribution < 1.29 is 18.9 Å². The number of hydrogen-bond acceptors (Lipinski definition) is 8. The third-order valence-corrected chi connectivity index (χ3v) is 8.26. The summed E-state index contributed by atoms with van der Waals surface area (Å²) in [6.45, 7) is 1.35. The van der Waals surface area contributed by atoms with Crippen molar-refractivity contribution in [3.8, 4) is 17.8 Å². The molecule has 45 heavy (non-hydrogen) atoms. The van der Waals surface area contributed by atoms with Crippen LogP contribution in [0.2, 0.25) is 0 Å². The van der Waals surface area contributed by atoms with Crippen molar-refractivity contribution in [2.45, 2.75) is 25.6 Å². The van der Waals surface area contributed by atoms with Gasteiger partial charge in [-0.15, -0.1) is 0 Å². The van der Waals surface area contributed by atoms with Gasteiger partial charge in [-0.05, 0) is 61.5 Å². The van der Waals surface area contributed by atoms with E-state index in [0.29, 0.717) is 28.1 Å². The molecule has 0 radical (unpaired) electrons. The molecule has 2 unspecified atom stereocenters. The van der Waals surface area contributed by atoms with Gasteiger partial charge in [0.1, 0.15) is 12.1 Å². The van der Waals surface area contributed by atoms with Crippen molar-refractivity contribution >= 4 is 51.2 Å². The number of fused-ring (bicyclic) bond motifs is 2. The minimum absolute atomic E-state index is 0.0599. The first kappa shape index (κ1) is 31.2. The summed E-state index contributed by atoms with van der Waals surface area (Å²) < 4.78 is 13.7. The van der Waals surface area contributed by atoms with E-state index in [9.17, 15) is 29.5 Å². The van der Waals surface area contributed by atoms with Gasteiger partial charge in [-0.1, -0.05) is 30.3 Å². The van der Waals surface area contributed by atoms with E-state index in [1.807, 2.05) is 30.3 Å². The fourth-order valence-electron chi connectivity index (χ4n) is 5.22. The Bertz CT molecular complexity index is 1870. The number of aromatic nitrogens is 2. The Kier molecular flexibility index (Phi) is 9.16. The maximum absolute atomic E-state index is 14.4. The van der Waals surface area contributed by atoms with Gasteiger partial charge in [0.2, 0.25) is 5.91 Å². The van der Waals surface area contributed by atoms with E-state index in [0.717, 1.165) is 5.39 Å². The van der Waals surface area contributed by atoms with Crippen LogP contribution in [0.5, 0.6) is 0 Å². The van der Waals surface area contributed by atoms with Crippen molar-refractivity contribution in [1.82, 2.24) is 20.4 Å². The smallest absolute Gasteiger partial charge is 0.277 e. The first-order valence-electron chi connectivity index (χ1n) is 14.1. The Morgan fingerprint density at radius 1 is 1.07 bits per heavy atom. The van der Waals surface area contributed by atoms with Gasteiger partial charge in [0.25, 0.3) is 11.8 Å². The number of likely N-dealkylation sites (N-methyl/N-ethyl adjacent to an activating group) is 1. The van der Waals surface area contributed by atoms with E-state index in [1.165, 1.54) is 22.1 Å². The molecular weight excluding hydrogens is 592 g/mol. The number of nitrogens with one attached hydrogen (secondary N) is 2. The summed E-state index contributed by atoms with van der Waals surface area (Å²) in [6.07, 6.45) is 1.40. The van der Waals surface area contributed by atoms with E-state index in [4.69, 9.17) is 5.10 Å². The highest BCUT2D eigenvalue weighted by Crippen LogP contribution is 2.36. The number of hydrogen-bond donors (Lipinski definition) is 2. The van der Waals surface area contributed by atoms with Crippen LogP contribution in [0, 0.1) is 22.7 Å². The Hall–Kier alpha value is -5.21. The number of carbonyl (C=O) groups excluding carboxylic acids is 3. The normalized spacial score (nSPS) is 15.9. The molecule has 5 rings (SSSR count). The lowest BCUT2D eigenvalue weighted by Crippen LogP contribution is -2.56. The summed E-state index contributed by atoms with van der Waals surface area (Å²) in [5, 5.41) is 30.7. The number of anilines is 2. The van der Waals surface area contributed by atoms with Crippen molar-refractivity contribution in [3.05, 3.63) is 83.6 Å². The van der Waals surface area contributed by atoms with E-state index in [2.05, 4.69) is 22.8 Å². The Balaban J connectivity index is 1.67. The third kappa shape index (κ3) is 6.23. The highest BCUT2D eigenvalue weighted by atomic mass is 32.2. The molecule has 0 fully saturated rings. The fourth-order valence-corrected chi connectivity index (χ4v) is 5.73. The number of carbonyl (C=O) groups is 3. The Morgan fingerprint density at radius 2 is 1.80 bits per heavy atom. The van der Waals surface area contributed by atoms with Crippen LogP contribution in [-0.2, 0) is 32.1 Å². The average molecular weight is 623 g/mol. The van der Waals surface area contributed by atoms with Gasteiger partial charge < -0.3 is 25.0 Å². The number of benzene rings is 3. The zero-order chi connectivity index (χ0) is 32.2. The predicted octanol–water partition coefficient (Wildman–Crippen LogP) is 2.12. The molecule has 4 aromatic rings. The van der Waals surface area contributed by atoms with Gasteiger partial charge >= 0.3 is 0 Å². The number of nitriles is 2. The summed E-state index contributed by atoms with van der Waals surface area (Å²) in [5.74, 6) is -1.79. The van der Waals surface area contributed by atoms with E-state index in [-0.39, 0.29) is 30.1 Å². The van der Waals surface area contributed by atoms with Crippen molar-refractivity contribution in [1.29, 1.82) is 10.5 Å². The first-order valence-corrected chi connectivity index (χ1v) is 15.8. The molecule has 2 N–H and O–H groups in total. The van der Waals surface area contributed by atoms with Gasteiger partial charge in [-0.25, -0.2) is 4.68 Å². The van der Waals surface area contributed by atoms with Crippen LogP contribution >= 0.6 is 0 Å². The quantitative estimate of drug-likeness (QED) is 0.282. The van der Waals surface area contributed by atoms with Gasteiger partial charge in [-0.3, -0.25) is 14.4 Å². The van der Waals surface area contributed by atoms with Crippen LogP contribution < -0.4 is 20.4 Å². The predicted molar refractivity (Wildman–Crippen MR) is 170 cm³/mol. The monoisotopic (exact) mass is 622 g/mol. The van der Waals surface area contributed by atoms with Crippen molar-refractivity contribution in [2.24, 2.45) is 0 Å².